The Balaban J connectivity index is 1.65. The molecule has 13 unspecified atom stereocenters. The van der Waals surface area contributed by atoms with Crippen molar-refractivity contribution in [3.05, 3.63) is 77.9 Å². The Morgan fingerprint density at radius 3 is 1.86 bits per heavy atom. The third-order valence-electron chi connectivity index (χ3n) is 12.8. The Bertz CT molecular complexity index is 2370. The van der Waals surface area contributed by atoms with Gasteiger partial charge < -0.3 is 56.6 Å². The first-order chi connectivity index (χ1) is 30.6. The molecule has 4 bridgehead atoms. The molecule has 348 valence electrons. The molecule has 0 radical (unpaired) electrons. The highest BCUT2D eigenvalue weighted by Crippen LogP contribution is 2.70. The van der Waals surface area contributed by atoms with E-state index < -0.39 is 149 Å². The number of rotatable bonds is 9. The standard InChI is InChI=1S/C44H47NO20/c1-20-21(2)37(50)63-34-32(60-24(5)48)36(64-40(53)28-14-11-17-56-28)43(19-57-22(3)46)35(61-25(6)49)31(59-23(4)47)29-33(62-39(52)27-13-10-16-55-27)44(43,42(34,8)54)65-41(29,7)18-58-38(51)26-12-9-15-45-30(20)26/h9-17,20-21,29,31-36,54H,18-19H2,1-8H3. The van der Waals surface area contributed by atoms with Crippen LogP contribution in [0.1, 0.15) is 98.5 Å². The first kappa shape index (κ1) is 46.4. The van der Waals surface area contributed by atoms with Gasteiger partial charge in [-0.3, -0.25) is 29.0 Å². The molecule has 13 atom stereocenters. The summed E-state index contributed by atoms with van der Waals surface area (Å²) in [4.78, 5) is 115. The zero-order valence-electron chi connectivity index (χ0n) is 36.5. The summed E-state index contributed by atoms with van der Waals surface area (Å²) in [6.07, 6.45) is -9.13. The van der Waals surface area contributed by atoms with Crippen LogP contribution >= 0.6 is 0 Å². The molecule has 4 aliphatic rings. The van der Waals surface area contributed by atoms with Crippen LogP contribution in [0.25, 0.3) is 0 Å². The number of furan rings is 2. The van der Waals surface area contributed by atoms with Crippen molar-refractivity contribution in [3.63, 3.8) is 0 Å². The topological polar surface area (TPSA) is 279 Å². The van der Waals surface area contributed by atoms with Gasteiger partial charge in [-0.25, -0.2) is 14.4 Å². The zero-order valence-corrected chi connectivity index (χ0v) is 36.5. The second-order valence-electron chi connectivity index (χ2n) is 16.9. The number of aliphatic hydroxyl groups is 1. The number of aromatic nitrogens is 1. The van der Waals surface area contributed by atoms with Crippen LogP contribution in [0.15, 0.2) is 64.0 Å². The van der Waals surface area contributed by atoms with Gasteiger partial charge >= 0.3 is 47.8 Å². The molecule has 1 spiro atoms. The number of pyridine rings is 1. The lowest BCUT2D eigenvalue weighted by molar-refractivity contribution is -0.385. The van der Waals surface area contributed by atoms with Gasteiger partial charge in [0.1, 0.15) is 42.0 Å². The number of hydrogen-bond acceptors (Lipinski definition) is 21. The van der Waals surface area contributed by atoms with E-state index in [9.17, 15) is 43.5 Å². The number of fused-ring (bicyclic) bond motifs is 5. The number of carbonyl (C=O) groups is 8. The summed E-state index contributed by atoms with van der Waals surface area (Å²) < 4.78 is 66.5. The molecule has 3 aromatic heterocycles. The van der Waals surface area contributed by atoms with E-state index in [2.05, 4.69) is 4.98 Å². The molecular weight excluding hydrogens is 862 g/mol. The highest BCUT2D eigenvalue weighted by molar-refractivity contribution is 5.91. The van der Waals surface area contributed by atoms with Crippen molar-refractivity contribution in [3.8, 4) is 0 Å². The van der Waals surface area contributed by atoms with Gasteiger partial charge in [0, 0.05) is 39.8 Å². The molecule has 2 aliphatic heterocycles. The molecular formula is C44H47NO20. The fraction of sp³-hybridized carbons (Fsp3) is 0.523. The van der Waals surface area contributed by atoms with Gasteiger partial charge in [0.15, 0.2) is 30.0 Å². The van der Waals surface area contributed by atoms with Crippen LogP contribution in [0.5, 0.6) is 0 Å². The highest BCUT2D eigenvalue weighted by Gasteiger charge is 2.92. The summed E-state index contributed by atoms with van der Waals surface area (Å²) in [6, 6.07) is 8.01. The summed E-state index contributed by atoms with van der Waals surface area (Å²) in [6.45, 7) is 7.35. The molecule has 3 aromatic rings. The van der Waals surface area contributed by atoms with Gasteiger partial charge in [0.05, 0.1) is 35.6 Å². The second-order valence-corrected chi connectivity index (χ2v) is 16.9. The zero-order chi connectivity index (χ0) is 47.4. The van der Waals surface area contributed by atoms with Crippen molar-refractivity contribution in [1.82, 2.24) is 4.98 Å². The maximum atomic E-state index is 14.7. The molecule has 2 aliphatic carbocycles. The first-order valence-corrected chi connectivity index (χ1v) is 20.5. The quantitative estimate of drug-likeness (QED) is 0.239. The second kappa shape index (κ2) is 17.1. The highest BCUT2D eigenvalue weighted by atomic mass is 16.7. The van der Waals surface area contributed by atoms with Crippen molar-refractivity contribution in [1.29, 1.82) is 0 Å². The maximum absolute atomic E-state index is 14.7. The smallest absolute Gasteiger partial charge is 0.374 e. The molecule has 1 N–H and O–H groups in total. The van der Waals surface area contributed by atoms with Crippen LogP contribution in [0, 0.1) is 17.3 Å². The van der Waals surface area contributed by atoms with E-state index in [1.54, 1.807) is 6.92 Å². The number of nitrogens with zero attached hydrogens (tertiary/aromatic N) is 1. The molecule has 1 saturated heterocycles. The van der Waals surface area contributed by atoms with Crippen LogP contribution in [0.3, 0.4) is 0 Å². The maximum Gasteiger partial charge on any atom is 0.374 e. The van der Waals surface area contributed by atoms with Crippen molar-refractivity contribution in [2.24, 2.45) is 17.3 Å². The van der Waals surface area contributed by atoms with E-state index in [0.717, 1.165) is 47.1 Å². The fourth-order valence-electron chi connectivity index (χ4n) is 10.0. The minimum Gasteiger partial charge on any atom is -0.465 e. The van der Waals surface area contributed by atoms with Crippen molar-refractivity contribution in [2.75, 3.05) is 13.2 Å². The molecule has 2 saturated carbocycles. The summed E-state index contributed by atoms with van der Waals surface area (Å²) in [5.41, 5.74) is -10.8. The largest absolute Gasteiger partial charge is 0.465 e. The molecule has 0 amide bonds. The Morgan fingerprint density at radius 2 is 1.31 bits per heavy atom. The van der Waals surface area contributed by atoms with Gasteiger partial charge in [0.25, 0.3) is 0 Å². The van der Waals surface area contributed by atoms with Crippen LogP contribution in [-0.4, -0.2) is 124 Å². The Kier molecular flexibility index (Phi) is 12.2. The fourth-order valence-corrected chi connectivity index (χ4v) is 10.0. The van der Waals surface area contributed by atoms with E-state index in [1.807, 2.05) is 0 Å². The van der Waals surface area contributed by atoms with E-state index in [4.69, 9.17) is 51.5 Å². The van der Waals surface area contributed by atoms with E-state index in [1.165, 1.54) is 56.4 Å². The monoisotopic (exact) mass is 909 g/mol. The third-order valence-corrected chi connectivity index (χ3v) is 12.8. The van der Waals surface area contributed by atoms with Crippen molar-refractivity contribution >= 4 is 47.8 Å². The summed E-state index contributed by atoms with van der Waals surface area (Å²) >= 11 is 0. The molecule has 3 fully saturated rings. The van der Waals surface area contributed by atoms with Crippen LogP contribution in [0.4, 0.5) is 0 Å². The number of esters is 8. The molecule has 0 aromatic carbocycles. The molecule has 21 heteroatoms. The number of hydrogen-bond donors (Lipinski definition) is 1. The summed E-state index contributed by atoms with van der Waals surface area (Å²) in [5, 5.41) is 13.8. The molecule has 21 nitrogen and oxygen atoms in total. The Labute approximate surface area is 370 Å². The van der Waals surface area contributed by atoms with Gasteiger partial charge in [-0.1, -0.05) is 13.8 Å². The predicted octanol–water partition coefficient (Wildman–Crippen LogP) is 2.81. The minimum atomic E-state index is -2.95. The summed E-state index contributed by atoms with van der Waals surface area (Å²) in [5.74, 6) is -13.5. The average molecular weight is 910 g/mol. The molecule has 65 heavy (non-hydrogen) atoms. The van der Waals surface area contributed by atoms with E-state index in [0.29, 0.717) is 0 Å². The lowest BCUT2D eigenvalue weighted by atomic mass is 9.45. The SMILES string of the molecule is CC(=O)OCC12C(OC(C)=O)C(OC(C)=O)C3C(OC(=O)c4ccco4)C14OC3(C)COC(=O)c1cccnc1C(C)C(C)C(=O)OC(C(OC(C)=O)C2OC(=O)c1ccco1)C4(C)O. The Morgan fingerprint density at radius 1 is 0.738 bits per heavy atom. The average Bonchev–Trinajstić information content (AvgIpc) is 4.02. The lowest BCUT2D eigenvalue weighted by Gasteiger charge is -2.67. The van der Waals surface area contributed by atoms with Crippen molar-refractivity contribution < 1.29 is 94.9 Å². The Hall–Kier alpha value is -6.61. The van der Waals surface area contributed by atoms with Crippen LogP contribution in [0.2, 0.25) is 0 Å². The van der Waals surface area contributed by atoms with Crippen molar-refractivity contribution in [2.45, 2.75) is 115 Å². The number of cyclic esters (lactones) is 1. The van der Waals surface area contributed by atoms with Crippen LogP contribution < -0.4 is 0 Å². The van der Waals surface area contributed by atoms with Gasteiger partial charge in [0.2, 0.25) is 11.5 Å². The van der Waals surface area contributed by atoms with Crippen LogP contribution in [-0.2, 0) is 66.6 Å². The predicted molar refractivity (Wildman–Crippen MR) is 210 cm³/mol. The normalized spacial score (nSPS) is 34.9. The van der Waals surface area contributed by atoms with Gasteiger partial charge in [-0.15, -0.1) is 0 Å². The third kappa shape index (κ3) is 7.58. The van der Waals surface area contributed by atoms with Gasteiger partial charge in [-0.05, 0) is 50.2 Å². The molecule has 5 heterocycles. The van der Waals surface area contributed by atoms with E-state index in [-0.39, 0.29) is 11.3 Å². The minimum absolute atomic E-state index is 0.0753. The molecule has 7 rings (SSSR count). The summed E-state index contributed by atoms with van der Waals surface area (Å²) in [7, 11) is 0. The number of carbonyl (C=O) groups excluding carboxylic acids is 8. The van der Waals surface area contributed by atoms with Gasteiger partial charge in [-0.2, -0.15) is 0 Å². The first-order valence-electron chi connectivity index (χ1n) is 20.5. The number of ether oxygens (including phenoxy) is 9. The lowest BCUT2D eigenvalue weighted by Crippen LogP contribution is -2.89. The van der Waals surface area contributed by atoms with E-state index >= 15 is 0 Å².